The third-order valence-electron chi connectivity index (χ3n) is 2.32. The molecule has 1 rings (SSSR count). The van der Waals surface area contributed by atoms with Crippen LogP contribution in [0.2, 0.25) is 0 Å². The number of rotatable bonds is 5. The van der Waals surface area contributed by atoms with Crippen molar-refractivity contribution in [2.24, 2.45) is 0 Å². The number of thioether (sulfide) groups is 1. The fraction of sp³-hybridized carbons (Fsp3) is 0.750. The minimum atomic E-state index is -0.477. The minimum Gasteiger partial charge on any atom is -0.444 e. The summed E-state index contributed by atoms with van der Waals surface area (Å²) in [5, 5.41) is 2.68. The largest absolute Gasteiger partial charge is 0.444 e. The number of carbonyl (C=O) groups is 2. The van der Waals surface area contributed by atoms with Gasteiger partial charge < -0.3 is 10.1 Å². The summed E-state index contributed by atoms with van der Waals surface area (Å²) in [7, 11) is 0. The Morgan fingerprint density at radius 3 is 2.68 bits per heavy atom. The van der Waals surface area contributed by atoms with Gasteiger partial charge in [-0.3, -0.25) is 9.69 Å². The van der Waals surface area contributed by atoms with Crippen molar-refractivity contribution in [2.75, 3.05) is 18.8 Å². The summed E-state index contributed by atoms with van der Waals surface area (Å²) in [6.45, 7) is 6.63. The second kappa shape index (κ2) is 7.09. The second-order valence-electron chi connectivity index (χ2n) is 5.24. The Kier molecular flexibility index (Phi) is 6.06. The first-order chi connectivity index (χ1) is 8.79. The van der Waals surface area contributed by atoms with E-state index in [1.54, 1.807) is 4.90 Å². The first kappa shape index (κ1) is 16.2. The van der Waals surface area contributed by atoms with Crippen molar-refractivity contribution in [3.63, 3.8) is 0 Å². The maximum Gasteiger partial charge on any atom is 0.407 e. The molecule has 0 aromatic rings. The van der Waals surface area contributed by atoms with Crippen molar-refractivity contribution >= 4 is 40.3 Å². The van der Waals surface area contributed by atoms with Crippen LogP contribution in [0.4, 0.5) is 4.79 Å². The standard InChI is InChI=1S/C12H20N2O3S2/c1-12(2,3)17-10(16)13-6-4-5-7-14-9(15)8-19-11(14)18/h4-8H2,1-3H3,(H,13,16). The molecule has 1 heterocycles. The van der Waals surface area contributed by atoms with Crippen molar-refractivity contribution in [3.8, 4) is 0 Å². The van der Waals surface area contributed by atoms with Crippen molar-refractivity contribution in [1.82, 2.24) is 10.2 Å². The summed E-state index contributed by atoms with van der Waals surface area (Å²) in [4.78, 5) is 24.4. The summed E-state index contributed by atoms with van der Waals surface area (Å²) in [5.41, 5.74) is -0.477. The molecule has 0 radical (unpaired) electrons. The van der Waals surface area contributed by atoms with Gasteiger partial charge in [-0.1, -0.05) is 24.0 Å². The molecule has 0 aromatic heterocycles. The summed E-state index contributed by atoms with van der Waals surface area (Å²) in [6.07, 6.45) is 1.19. The zero-order chi connectivity index (χ0) is 14.5. The van der Waals surface area contributed by atoms with E-state index in [1.165, 1.54) is 11.8 Å². The maximum atomic E-state index is 11.4. The van der Waals surface area contributed by atoms with Crippen LogP contribution in [0.3, 0.4) is 0 Å². The van der Waals surface area contributed by atoms with Crippen LogP contribution in [0.15, 0.2) is 0 Å². The zero-order valence-electron chi connectivity index (χ0n) is 11.5. The highest BCUT2D eigenvalue weighted by atomic mass is 32.2. The Balaban J connectivity index is 2.10. The molecule has 7 heteroatoms. The van der Waals surface area contributed by atoms with E-state index >= 15 is 0 Å². The molecule has 0 saturated carbocycles. The van der Waals surface area contributed by atoms with E-state index in [0.717, 1.165) is 12.8 Å². The fourth-order valence-electron chi connectivity index (χ4n) is 1.50. The predicted molar refractivity (Wildman–Crippen MR) is 80.2 cm³/mol. The highest BCUT2D eigenvalue weighted by Gasteiger charge is 2.25. The molecule has 1 aliphatic heterocycles. The molecule has 108 valence electrons. The SMILES string of the molecule is CC(C)(C)OC(=O)NCCCCN1C(=O)CSC1=S. The van der Waals surface area contributed by atoms with E-state index in [2.05, 4.69) is 5.32 Å². The summed E-state index contributed by atoms with van der Waals surface area (Å²) in [5.74, 6) is 0.532. The lowest BCUT2D eigenvalue weighted by Gasteiger charge is -2.19. The van der Waals surface area contributed by atoms with Crippen LogP contribution < -0.4 is 5.32 Å². The molecule has 5 nitrogen and oxygen atoms in total. The Morgan fingerprint density at radius 2 is 2.16 bits per heavy atom. The molecule has 1 N–H and O–H groups in total. The molecule has 0 unspecified atom stereocenters. The molecule has 2 amide bonds. The number of nitrogens with one attached hydrogen (secondary N) is 1. The van der Waals surface area contributed by atoms with Crippen LogP contribution in [-0.4, -0.2) is 45.7 Å². The van der Waals surface area contributed by atoms with Gasteiger partial charge in [-0.05, 0) is 33.6 Å². The first-order valence-corrected chi connectivity index (χ1v) is 7.63. The van der Waals surface area contributed by atoms with Gasteiger partial charge in [0.25, 0.3) is 0 Å². The molecular weight excluding hydrogens is 284 g/mol. The van der Waals surface area contributed by atoms with Crippen LogP contribution in [0.25, 0.3) is 0 Å². The molecule has 19 heavy (non-hydrogen) atoms. The number of amides is 2. The van der Waals surface area contributed by atoms with E-state index in [4.69, 9.17) is 17.0 Å². The van der Waals surface area contributed by atoms with Gasteiger partial charge >= 0.3 is 6.09 Å². The van der Waals surface area contributed by atoms with Gasteiger partial charge in [-0.15, -0.1) is 0 Å². The second-order valence-corrected chi connectivity index (χ2v) is 6.84. The van der Waals surface area contributed by atoms with E-state index in [1.807, 2.05) is 20.8 Å². The monoisotopic (exact) mass is 304 g/mol. The van der Waals surface area contributed by atoms with Crippen molar-refractivity contribution in [3.05, 3.63) is 0 Å². The van der Waals surface area contributed by atoms with E-state index in [0.29, 0.717) is 23.2 Å². The molecule has 1 fully saturated rings. The Bertz CT molecular complexity index is 350. The van der Waals surface area contributed by atoms with Crippen LogP contribution in [0.5, 0.6) is 0 Å². The number of alkyl carbamates (subject to hydrolysis) is 1. The van der Waals surface area contributed by atoms with Gasteiger partial charge in [0.05, 0.1) is 5.75 Å². The van der Waals surface area contributed by atoms with Crippen LogP contribution in [0, 0.1) is 0 Å². The van der Waals surface area contributed by atoms with Crippen LogP contribution in [0.1, 0.15) is 33.6 Å². The molecule has 1 saturated heterocycles. The molecule has 0 bridgehead atoms. The topological polar surface area (TPSA) is 58.6 Å². The Labute approximate surface area is 123 Å². The lowest BCUT2D eigenvalue weighted by atomic mass is 10.2. The van der Waals surface area contributed by atoms with Gasteiger partial charge in [0.2, 0.25) is 5.91 Å². The minimum absolute atomic E-state index is 0.0788. The average molecular weight is 304 g/mol. The van der Waals surface area contributed by atoms with Crippen molar-refractivity contribution in [1.29, 1.82) is 0 Å². The lowest BCUT2D eigenvalue weighted by molar-refractivity contribution is -0.124. The van der Waals surface area contributed by atoms with Gasteiger partial charge in [-0.2, -0.15) is 0 Å². The first-order valence-electron chi connectivity index (χ1n) is 6.23. The summed E-state index contributed by atoms with van der Waals surface area (Å²) in [6, 6.07) is 0. The number of thiocarbonyl (C=S) groups is 1. The molecule has 0 aliphatic carbocycles. The molecule has 0 aromatic carbocycles. The highest BCUT2D eigenvalue weighted by molar-refractivity contribution is 8.23. The molecule has 1 aliphatic rings. The molecular formula is C12H20N2O3S2. The third kappa shape index (κ3) is 6.24. The van der Waals surface area contributed by atoms with E-state index < -0.39 is 11.7 Å². The van der Waals surface area contributed by atoms with Crippen LogP contribution in [-0.2, 0) is 9.53 Å². The van der Waals surface area contributed by atoms with Crippen molar-refractivity contribution < 1.29 is 14.3 Å². The highest BCUT2D eigenvalue weighted by Crippen LogP contribution is 2.19. The smallest absolute Gasteiger partial charge is 0.407 e. The van der Waals surface area contributed by atoms with Gasteiger partial charge in [0.15, 0.2) is 0 Å². The summed E-state index contributed by atoms with van der Waals surface area (Å²) < 4.78 is 5.77. The van der Waals surface area contributed by atoms with E-state index in [9.17, 15) is 9.59 Å². The third-order valence-corrected chi connectivity index (χ3v) is 3.75. The molecule has 0 spiro atoms. The molecule has 0 atom stereocenters. The van der Waals surface area contributed by atoms with Crippen LogP contribution >= 0.6 is 24.0 Å². The zero-order valence-corrected chi connectivity index (χ0v) is 13.2. The fourth-order valence-corrected chi connectivity index (χ4v) is 2.62. The number of nitrogens with zero attached hydrogens (tertiary/aromatic N) is 1. The quantitative estimate of drug-likeness (QED) is 0.623. The van der Waals surface area contributed by atoms with E-state index in [-0.39, 0.29) is 5.91 Å². The van der Waals surface area contributed by atoms with Crippen molar-refractivity contribution in [2.45, 2.75) is 39.2 Å². The Morgan fingerprint density at radius 1 is 1.47 bits per heavy atom. The normalized spacial score (nSPS) is 15.8. The Hall–Kier alpha value is -0.820. The van der Waals surface area contributed by atoms with Gasteiger partial charge in [0.1, 0.15) is 9.92 Å². The number of unbranched alkanes of at least 4 members (excludes halogenated alkanes) is 1. The average Bonchev–Trinajstić information content (AvgIpc) is 2.57. The lowest BCUT2D eigenvalue weighted by Crippen LogP contribution is -2.33. The number of hydrogen-bond donors (Lipinski definition) is 1. The number of carbonyl (C=O) groups excluding carboxylic acids is 2. The predicted octanol–water partition coefficient (Wildman–Crippen LogP) is 2.15. The van der Waals surface area contributed by atoms with Gasteiger partial charge in [0, 0.05) is 13.1 Å². The summed E-state index contributed by atoms with van der Waals surface area (Å²) >= 11 is 6.48. The number of ether oxygens (including phenoxy) is 1. The maximum absolute atomic E-state index is 11.4. The number of hydrogen-bond acceptors (Lipinski definition) is 5. The van der Waals surface area contributed by atoms with Gasteiger partial charge in [-0.25, -0.2) is 4.79 Å².